The van der Waals surface area contributed by atoms with E-state index in [0.29, 0.717) is 41.8 Å². The number of allylic oxidation sites excluding steroid dienone is 1. The lowest BCUT2D eigenvalue weighted by Crippen LogP contribution is -2.36. The maximum absolute atomic E-state index is 9.54. The van der Waals surface area contributed by atoms with E-state index in [1.165, 1.54) is 0 Å². The average Bonchev–Trinajstić information content (AvgIpc) is 2.55. The first kappa shape index (κ1) is 15.1. The van der Waals surface area contributed by atoms with Crippen molar-refractivity contribution in [3.05, 3.63) is 47.3 Å². The summed E-state index contributed by atoms with van der Waals surface area (Å²) >= 11 is 0. The molecule has 0 amide bonds. The van der Waals surface area contributed by atoms with E-state index in [-0.39, 0.29) is 6.10 Å². The number of rotatable bonds is 3. The predicted octanol–water partition coefficient (Wildman–Crippen LogP) is 2.30. The minimum Gasteiger partial charge on any atom is -0.492 e. The molecule has 0 saturated heterocycles. The van der Waals surface area contributed by atoms with Crippen LogP contribution in [0, 0.1) is 11.3 Å². The minimum absolute atomic E-state index is 0.0673. The van der Waals surface area contributed by atoms with Gasteiger partial charge in [-0.25, -0.2) is 5.01 Å². The Balaban J connectivity index is 2.12. The molecule has 1 atom stereocenters. The van der Waals surface area contributed by atoms with Crippen molar-refractivity contribution >= 4 is 11.4 Å². The van der Waals surface area contributed by atoms with Gasteiger partial charge in [0.1, 0.15) is 28.9 Å². The number of fused-ring (bicyclic) bond motifs is 1. The molecule has 2 heterocycles. The number of nitrogens with zero attached hydrogens (tertiary/aromatic N) is 3. The van der Waals surface area contributed by atoms with Gasteiger partial charge in [-0.2, -0.15) is 10.4 Å². The van der Waals surface area contributed by atoms with Crippen LogP contribution in [0.25, 0.3) is 0 Å². The van der Waals surface area contributed by atoms with E-state index in [4.69, 9.17) is 15.2 Å². The maximum atomic E-state index is 9.54. The lowest BCUT2D eigenvalue weighted by molar-refractivity contribution is 0.126. The molecule has 6 heteroatoms. The van der Waals surface area contributed by atoms with Gasteiger partial charge in [0.15, 0.2) is 0 Å². The fourth-order valence-electron chi connectivity index (χ4n) is 2.61. The Morgan fingerprint density at radius 2 is 2.26 bits per heavy atom. The van der Waals surface area contributed by atoms with E-state index in [9.17, 15) is 5.26 Å². The highest BCUT2D eigenvalue weighted by Gasteiger charge is 2.30. The molecule has 0 spiro atoms. The van der Waals surface area contributed by atoms with Gasteiger partial charge >= 0.3 is 0 Å². The second-order valence-corrected chi connectivity index (χ2v) is 5.23. The Morgan fingerprint density at radius 3 is 3.00 bits per heavy atom. The van der Waals surface area contributed by atoms with Crippen LogP contribution >= 0.6 is 0 Å². The average molecular weight is 310 g/mol. The summed E-state index contributed by atoms with van der Waals surface area (Å²) in [7, 11) is 0. The van der Waals surface area contributed by atoms with Crippen molar-refractivity contribution in [2.24, 2.45) is 10.8 Å². The molecule has 6 nitrogen and oxygen atoms in total. The third-order valence-electron chi connectivity index (χ3n) is 3.67. The molecule has 0 aromatic heterocycles. The van der Waals surface area contributed by atoms with Crippen LogP contribution in [0.1, 0.15) is 13.8 Å². The van der Waals surface area contributed by atoms with Crippen LogP contribution in [0.3, 0.4) is 0 Å². The van der Waals surface area contributed by atoms with Crippen LogP contribution in [0.15, 0.2) is 52.4 Å². The largest absolute Gasteiger partial charge is 0.492 e. The molecule has 118 valence electrons. The molecule has 1 aromatic rings. The number of nitriles is 1. The van der Waals surface area contributed by atoms with Gasteiger partial charge in [0.25, 0.3) is 0 Å². The smallest absolute Gasteiger partial charge is 0.145 e. The zero-order valence-electron chi connectivity index (χ0n) is 13.1. The summed E-state index contributed by atoms with van der Waals surface area (Å²) in [5.74, 6) is 0.959. The minimum atomic E-state index is -0.0673. The van der Waals surface area contributed by atoms with Gasteiger partial charge in [0.05, 0.1) is 25.0 Å². The van der Waals surface area contributed by atoms with Gasteiger partial charge in [-0.3, -0.25) is 0 Å². The molecular formula is C17H18N4O2. The summed E-state index contributed by atoms with van der Waals surface area (Å²) in [4.78, 5) is 0. The van der Waals surface area contributed by atoms with Crippen LogP contribution < -0.4 is 15.5 Å². The quantitative estimate of drug-likeness (QED) is 0.926. The van der Waals surface area contributed by atoms with Crippen molar-refractivity contribution in [1.29, 1.82) is 5.26 Å². The highest BCUT2D eigenvalue weighted by molar-refractivity contribution is 6.08. The second-order valence-electron chi connectivity index (χ2n) is 5.23. The van der Waals surface area contributed by atoms with E-state index < -0.39 is 0 Å². The van der Waals surface area contributed by atoms with Gasteiger partial charge in [-0.15, -0.1) is 0 Å². The Kier molecular flexibility index (Phi) is 4.04. The normalized spacial score (nSPS) is 20.4. The summed E-state index contributed by atoms with van der Waals surface area (Å²) in [6, 6.07) is 9.66. The van der Waals surface area contributed by atoms with E-state index in [1.54, 1.807) is 5.01 Å². The van der Waals surface area contributed by atoms with Crippen molar-refractivity contribution in [2.45, 2.75) is 20.0 Å². The van der Waals surface area contributed by atoms with Crippen LogP contribution in [0.5, 0.6) is 5.75 Å². The molecule has 0 radical (unpaired) electrons. The molecule has 0 bridgehead atoms. The summed E-state index contributed by atoms with van der Waals surface area (Å²) in [6.07, 6.45) is 1.81. The van der Waals surface area contributed by atoms with Crippen LogP contribution in [-0.4, -0.2) is 25.0 Å². The Morgan fingerprint density at radius 1 is 1.48 bits per heavy atom. The highest BCUT2D eigenvalue weighted by atomic mass is 16.5. The van der Waals surface area contributed by atoms with Crippen molar-refractivity contribution in [1.82, 2.24) is 0 Å². The topological polar surface area (TPSA) is 83.9 Å². The zero-order chi connectivity index (χ0) is 16.4. The lowest BCUT2D eigenvalue weighted by Gasteiger charge is -2.31. The summed E-state index contributed by atoms with van der Waals surface area (Å²) < 4.78 is 11.2. The fraction of sp³-hybridized carbons (Fsp3) is 0.294. The molecule has 1 unspecified atom stereocenters. The molecule has 1 aromatic carbocycles. The van der Waals surface area contributed by atoms with Crippen molar-refractivity contribution in [3.63, 3.8) is 0 Å². The zero-order valence-corrected chi connectivity index (χ0v) is 13.1. The molecule has 0 fully saturated rings. The highest BCUT2D eigenvalue weighted by Crippen LogP contribution is 2.35. The molecule has 2 N–H and O–H groups in total. The number of benzene rings is 1. The first-order valence-corrected chi connectivity index (χ1v) is 7.49. The van der Waals surface area contributed by atoms with Gasteiger partial charge in [-0.1, -0.05) is 12.1 Å². The standard InChI is InChI=1S/C17H18N4O2/c1-3-22-16-7-5-4-6-15(16)21-17(19)13(9-18)12-8-11(2)23-10-14(12)20-21/h4-8,11H,3,10,19H2,1-2H3. The maximum Gasteiger partial charge on any atom is 0.145 e. The number of hydrogen-bond acceptors (Lipinski definition) is 6. The van der Waals surface area contributed by atoms with E-state index in [2.05, 4.69) is 11.2 Å². The second kappa shape index (κ2) is 6.15. The number of hydrogen-bond donors (Lipinski definition) is 1. The first-order valence-electron chi connectivity index (χ1n) is 7.49. The molecule has 0 saturated carbocycles. The predicted molar refractivity (Wildman–Crippen MR) is 87.8 cm³/mol. The van der Waals surface area contributed by atoms with Crippen molar-refractivity contribution < 1.29 is 9.47 Å². The number of anilines is 1. The fourth-order valence-corrected chi connectivity index (χ4v) is 2.61. The van der Waals surface area contributed by atoms with Gasteiger partial charge in [0.2, 0.25) is 0 Å². The molecule has 2 aliphatic heterocycles. The summed E-state index contributed by atoms with van der Waals surface area (Å²) in [5.41, 5.74) is 8.79. The van der Waals surface area contributed by atoms with Crippen LogP contribution in [0.4, 0.5) is 5.69 Å². The van der Waals surface area contributed by atoms with Gasteiger partial charge in [0, 0.05) is 5.57 Å². The van der Waals surface area contributed by atoms with Gasteiger partial charge < -0.3 is 15.2 Å². The Hall–Kier alpha value is -2.78. The van der Waals surface area contributed by atoms with E-state index in [0.717, 1.165) is 5.57 Å². The first-order chi connectivity index (χ1) is 11.2. The third-order valence-corrected chi connectivity index (χ3v) is 3.67. The Labute approximate surface area is 135 Å². The van der Waals surface area contributed by atoms with Crippen LogP contribution in [0.2, 0.25) is 0 Å². The molecule has 2 aliphatic rings. The van der Waals surface area contributed by atoms with Crippen LogP contribution in [-0.2, 0) is 4.74 Å². The third kappa shape index (κ3) is 2.67. The van der Waals surface area contributed by atoms with E-state index >= 15 is 0 Å². The number of para-hydroxylation sites is 2. The number of nitrogens with two attached hydrogens (primary N) is 1. The molecule has 3 rings (SSSR count). The summed E-state index contributed by atoms with van der Waals surface area (Å²) in [6.45, 7) is 4.71. The van der Waals surface area contributed by atoms with Gasteiger partial charge in [-0.05, 0) is 32.1 Å². The lowest BCUT2D eigenvalue weighted by atomic mass is 9.97. The van der Waals surface area contributed by atoms with E-state index in [1.807, 2.05) is 44.2 Å². The van der Waals surface area contributed by atoms with Crippen molar-refractivity contribution in [2.75, 3.05) is 18.2 Å². The summed E-state index contributed by atoms with van der Waals surface area (Å²) in [5, 5.41) is 15.7. The monoisotopic (exact) mass is 310 g/mol. The van der Waals surface area contributed by atoms with Crippen molar-refractivity contribution in [3.8, 4) is 11.8 Å². The SMILES string of the molecule is CCOc1ccccc1N1N=C2COC(C)C=C2C(C#N)=C1N. The Bertz CT molecular complexity index is 758. The number of ether oxygens (including phenoxy) is 2. The molecular weight excluding hydrogens is 292 g/mol. The molecule has 23 heavy (non-hydrogen) atoms. The number of hydrazone groups is 1. The molecule has 0 aliphatic carbocycles.